The van der Waals surface area contributed by atoms with Crippen molar-refractivity contribution < 1.29 is 45.2 Å². The maximum absolute atomic E-state index is 13.9. The highest BCUT2D eigenvalue weighted by Crippen LogP contribution is 2.70. The highest BCUT2D eigenvalue weighted by Gasteiger charge is 2.52. The van der Waals surface area contributed by atoms with E-state index < -0.39 is 48.8 Å². The minimum Gasteiger partial charge on any atom is -0.456 e. The molecule has 3 N–H and O–H groups in total. The Hall–Kier alpha value is -2.57. The second kappa shape index (κ2) is 15.1. The van der Waals surface area contributed by atoms with Gasteiger partial charge in [-0.1, -0.05) is 18.2 Å². The number of ether oxygens (including phenoxy) is 1. The topological polar surface area (TPSA) is 185 Å². The largest absolute Gasteiger partial charge is 0.456 e. The Balaban J connectivity index is 2.63. The van der Waals surface area contributed by atoms with E-state index in [4.69, 9.17) is 34.0 Å². The van der Waals surface area contributed by atoms with Crippen LogP contribution in [0.15, 0.2) is 53.4 Å². The Morgan fingerprint density at radius 1 is 0.902 bits per heavy atom. The number of guanidine groups is 1. The molecule has 1 amide bonds. The fourth-order valence-electron chi connectivity index (χ4n) is 3.75. The average Bonchev–Trinajstić information content (AvgIpc) is 2.89. The number of rotatable bonds is 16. The van der Waals surface area contributed by atoms with Crippen LogP contribution in [-0.2, 0) is 37.1 Å². The fraction of sp³-hybridized carbons (Fsp3) is 0.440. The van der Waals surface area contributed by atoms with E-state index >= 15 is 0 Å². The third-order valence-corrected chi connectivity index (χ3v) is 12.5. The van der Waals surface area contributed by atoms with Gasteiger partial charge in [0.1, 0.15) is 16.4 Å². The fourth-order valence-corrected chi connectivity index (χ4v) is 9.76. The van der Waals surface area contributed by atoms with E-state index in [0.29, 0.717) is 10.6 Å². The molecule has 0 unspecified atom stereocenters. The second-order valence-electron chi connectivity index (χ2n) is 8.38. The lowest BCUT2D eigenvalue weighted by atomic mass is 10.2. The molecule has 2 aromatic carbocycles. The molecule has 0 aliphatic carbocycles. The predicted octanol–water partition coefficient (Wildman–Crippen LogP) is 5.08. The van der Waals surface area contributed by atoms with Crippen molar-refractivity contribution in [2.75, 3.05) is 39.2 Å². The smallest absolute Gasteiger partial charge is 0.347 e. The first-order chi connectivity index (χ1) is 19.3. The van der Waals surface area contributed by atoms with E-state index in [1.165, 1.54) is 12.1 Å². The number of hydrogen-bond donors (Lipinski definition) is 2. The second-order valence-corrected chi connectivity index (χ2v) is 15.2. The lowest BCUT2D eigenvalue weighted by Gasteiger charge is -2.34. The average molecular weight is 634 g/mol. The maximum atomic E-state index is 13.9. The Kier molecular flexibility index (Phi) is 12.7. The van der Waals surface area contributed by atoms with Crippen molar-refractivity contribution in [1.82, 2.24) is 4.90 Å². The van der Waals surface area contributed by atoms with E-state index in [1.54, 1.807) is 58.0 Å². The minimum atomic E-state index is -4.29. The molecule has 0 aliphatic heterocycles. The predicted molar refractivity (Wildman–Crippen MR) is 155 cm³/mol. The van der Waals surface area contributed by atoms with E-state index in [0.717, 1.165) is 12.3 Å². The van der Waals surface area contributed by atoms with Crippen molar-refractivity contribution in [3.05, 3.63) is 54.1 Å². The van der Waals surface area contributed by atoms with Crippen LogP contribution < -0.4 is 10.5 Å². The first-order valence-electron chi connectivity index (χ1n) is 12.8. The summed E-state index contributed by atoms with van der Waals surface area (Å²) in [5.41, 5.74) is 5.57. The molecular weight excluding hydrogens is 596 g/mol. The molecule has 0 radical (unpaired) electrons. The van der Waals surface area contributed by atoms with Gasteiger partial charge in [-0.3, -0.25) is 24.2 Å². The van der Waals surface area contributed by atoms with Gasteiger partial charge in [0.25, 0.3) is 5.91 Å². The van der Waals surface area contributed by atoms with Crippen LogP contribution in [0.25, 0.3) is 0 Å². The van der Waals surface area contributed by atoms with Gasteiger partial charge in [-0.25, -0.2) is 8.42 Å². The van der Waals surface area contributed by atoms with Crippen LogP contribution in [0.2, 0.25) is 0 Å². The molecule has 13 nitrogen and oxygen atoms in total. The zero-order valence-corrected chi connectivity index (χ0v) is 26.2. The molecule has 41 heavy (non-hydrogen) atoms. The summed E-state index contributed by atoms with van der Waals surface area (Å²) in [5, 5.41) is 6.42. The van der Waals surface area contributed by atoms with Crippen LogP contribution in [0.1, 0.15) is 38.1 Å². The Morgan fingerprint density at radius 2 is 1.39 bits per heavy atom. The lowest BCUT2D eigenvalue weighted by Crippen LogP contribution is -2.45. The summed E-state index contributed by atoms with van der Waals surface area (Å²) in [6, 6.07) is 12.1. The van der Waals surface area contributed by atoms with Crippen molar-refractivity contribution in [2.24, 2.45) is 5.73 Å². The molecule has 0 aromatic heterocycles. The molecule has 2 rings (SSSR count). The van der Waals surface area contributed by atoms with Gasteiger partial charge in [-0.05, 0) is 58.0 Å². The van der Waals surface area contributed by atoms with Gasteiger partial charge < -0.3 is 28.6 Å². The highest BCUT2D eigenvalue weighted by molar-refractivity contribution is 7.90. The van der Waals surface area contributed by atoms with E-state index in [-0.39, 0.29) is 42.6 Å². The molecule has 2 aromatic rings. The molecule has 0 spiro atoms. The van der Waals surface area contributed by atoms with E-state index in [1.807, 2.05) is 0 Å². The first kappa shape index (κ1) is 34.6. The Bertz CT molecular complexity index is 1360. The van der Waals surface area contributed by atoms with Gasteiger partial charge in [-0.15, -0.1) is 0 Å². The minimum absolute atomic E-state index is 0.0307. The molecular formula is C25H37N3O10P2S. The third kappa shape index (κ3) is 8.96. The number of carbonyl (C=O) groups excluding carboxylic acids is 1. The number of amides is 1. The van der Waals surface area contributed by atoms with Crippen molar-refractivity contribution in [1.29, 1.82) is 5.41 Å². The van der Waals surface area contributed by atoms with E-state index in [2.05, 4.69) is 0 Å². The van der Waals surface area contributed by atoms with Crippen molar-refractivity contribution >= 4 is 36.9 Å². The SMILES string of the molecule is CCOP(=O)(OCC)C(CN(C(=N)N)C(=O)c1ccc(Oc2ccccc2)c(S(C)(=O)=O)c1)P(=O)(OCC)OCC. The standard InChI is InChI=1S/C25H37N3O10P2S/c1-6-34-39(30,35-7-2)23(40(31,36-8-3)37-9-4)18-28(25(26)27)24(29)19-15-16-21(22(17-19)41(5,32)33)38-20-13-11-10-12-14-20/h10-17,23H,6-9,18H2,1-5H3,(H3,26,27). The quantitative estimate of drug-likeness (QED) is 0.143. The van der Waals surface area contributed by atoms with Crippen LogP contribution in [0.5, 0.6) is 11.5 Å². The number of nitrogens with zero attached hydrogens (tertiary/aromatic N) is 1. The van der Waals surface area contributed by atoms with Crippen LogP contribution in [0.3, 0.4) is 0 Å². The summed E-state index contributed by atoms with van der Waals surface area (Å²) in [4.78, 5) is 14.1. The van der Waals surface area contributed by atoms with Gasteiger partial charge in [0.15, 0.2) is 21.2 Å². The van der Waals surface area contributed by atoms with Gasteiger partial charge in [0.05, 0.1) is 33.0 Å². The molecule has 0 saturated heterocycles. The number of benzene rings is 2. The van der Waals surface area contributed by atoms with Crippen molar-refractivity contribution in [3.8, 4) is 11.5 Å². The number of nitrogens with one attached hydrogen (secondary N) is 1. The maximum Gasteiger partial charge on any atom is 0.347 e. The van der Waals surface area contributed by atoms with Crippen LogP contribution >= 0.6 is 15.2 Å². The third-order valence-electron chi connectivity index (χ3n) is 5.41. The van der Waals surface area contributed by atoms with E-state index in [9.17, 15) is 22.3 Å². The number of nitrogens with two attached hydrogens (primary N) is 1. The van der Waals surface area contributed by atoms with Crippen LogP contribution in [-0.4, -0.2) is 69.8 Å². The zero-order chi connectivity index (χ0) is 30.8. The van der Waals surface area contributed by atoms with Gasteiger partial charge >= 0.3 is 15.2 Å². The first-order valence-corrected chi connectivity index (χ1v) is 17.9. The summed E-state index contributed by atoms with van der Waals surface area (Å²) in [6.07, 6.45) is 0.952. The molecule has 0 aliphatic rings. The molecule has 0 bridgehead atoms. The summed E-state index contributed by atoms with van der Waals surface area (Å²) >= 11 is 0. The summed E-state index contributed by atoms with van der Waals surface area (Å²) in [5.74, 6) is -1.41. The molecule has 0 heterocycles. The number of sulfone groups is 1. The van der Waals surface area contributed by atoms with Gasteiger partial charge in [0.2, 0.25) is 0 Å². The monoisotopic (exact) mass is 633 g/mol. The summed E-state index contributed by atoms with van der Waals surface area (Å²) in [7, 11) is -12.5. The molecule has 16 heteroatoms. The highest BCUT2D eigenvalue weighted by atomic mass is 32.2. The molecule has 0 fully saturated rings. The van der Waals surface area contributed by atoms with Gasteiger partial charge in [-0.2, -0.15) is 0 Å². The number of hydrogen-bond acceptors (Lipinski definition) is 11. The molecule has 228 valence electrons. The summed E-state index contributed by atoms with van der Waals surface area (Å²) < 4.78 is 80.5. The number of carbonyl (C=O) groups is 1. The van der Waals surface area contributed by atoms with Gasteiger partial charge in [0, 0.05) is 11.8 Å². The Morgan fingerprint density at radius 3 is 1.80 bits per heavy atom. The van der Waals surface area contributed by atoms with Crippen LogP contribution in [0.4, 0.5) is 0 Å². The zero-order valence-electron chi connectivity index (χ0n) is 23.6. The molecule has 0 atom stereocenters. The van der Waals surface area contributed by atoms with Crippen LogP contribution in [0, 0.1) is 5.41 Å². The molecule has 0 saturated carbocycles. The lowest BCUT2D eigenvalue weighted by molar-refractivity contribution is 0.0843. The summed E-state index contributed by atoms with van der Waals surface area (Å²) in [6.45, 7) is 5.09. The normalized spacial score (nSPS) is 12.3. The van der Waals surface area contributed by atoms with Crippen molar-refractivity contribution in [2.45, 2.75) is 38.0 Å². The van der Waals surface area contributed by atoms with Crippen molar-refractivity contribution in [3.63, 3.8) is 0 Å². The Labute approximate surface area is 240 Å². The number of para-hydroxylation sites is 1.